The molecule has 4 nitrogen and oxygen atoms in total. The molecular weight excluding hydrogens is 298 g/mol. The fourth-order valence-corrected chi connectivity index (χ4v) is 4.08. The van der Waals surface area contributed by atoms with Crippen molar-refractivity contribution in [2.45, 2.75) is 64.8 Å². The summed E-state index contributed by atoms with van der Waals surface area (Å²) >= 11 is 0. The highest BCUT2D eigenvalue weighted by Crippen LogP contribution is 2.43. The first-order valence-electron chi connectivity index (χ1n) is 8.94. The Balaban J connectivity index is 1.52. The van der Waals surface area contributed by atoms with E-state index < -0.39 is 0 Å². The molecule has 24 heavy (non-hydrogen) atoms. The Hall–Kier alpha value is -1.94. The molecule has 2 aromatic rings. The van der Waals surface area contributed by atoms with Gasteiger partial charge in [-0.3, -0.25) is 4.90 Å². The smallest absolute Gasteiger partial charge is 0.125 e. The van der Waals surface area contributed by atoms with Crippen molar-refractivity contribution in [2.24, 2.45) is 0 Å². The second-order valence-corrected chi connectivity index (χ2v) is 7.25. The standard InChI is InChI=1S/C20H25N3O/c1-13(2)24-17-7-4-15(5-8-17)12-23-16-6-9-20(23)18-11-21-14(3)22-19(18)10-16/h4-5,7-8,11,13,16,20H,6,9-10,12H2,1-3H3. The van der Waals surface area contributed by atoms with Crippen LogP contribution in [0.25, 0.3) is 0 Å². The van der Waals surface area contributed by atoms with Crippen LogP contribution in [0.3, 0.4) is 0 Å². The van der Waals surface area contributed by atoms with Crippen LogP contribution in [0.15, 0.2) is 30.5 Å². The van der Waals surface area contributed by atoms with Crippen molar-refractivity contribution in [3.8, 4) is 5.75 Å². The van der Waals surface area contributed by atoms with E-state index in [-0.39, 0.29) is 6.10 Å². The topological polar surface area (TPSA) is 38.2 Å². The van der Waals surface area contributed by atoms with Crippen LogP contribution in [-0.2, 0) is 13.0 Å². The van der Waals surface area contributed by atoms with Gasteiger partial charge in [0.1, 0.15) is 11.6 Å². The fraction of sp³-hybridized carbons (Fsp3) is 0.500. The Labute approximate surface area is 143 Å². The Kier molecular flexibility index (Phi) is 4.01. The molecule has 3 heterocycles. The summed E-state index contributed by atoms with van der Waals surface area (Å²) in [5.41, 5.74) is 3.96. The normalized spacial score (nSPS) is 22.7. The molecule has 0 aliphatic carbocycles. The summed E-state index contributed by atoms with van der Waals surface area (Å²) in [5, 5.41) is 0. The molecule has 2 atom stereocenters. The van der Waals surface area contributed by atoms with Crippen molar-refractivity contribution in [3.05, 3.63) is 53.1 Å². The molecule has 2 bridgehead atoms. The predicted molar refractivity (Wildman–Crippen MR) is 94.0 cm³/mol. The lowest BCUT2D eigenvalue weighted by molar-refractivity contribution is 0.166. The van der Waals surface area contributed by atoms with E-state index in [2.05, 4.69) is 59.2 Å². The number of aromatic nitrogens is 2. The molecule has 2 aliphatic rings. The molecule has 126 valence electrons. The largest absolute Gasteiger partial charge is 0.491 e. The van der Waals surface area contributed by atoms with E-state index in [9.17, 15) is 0 Å². The summed E-state index contributed by atoms with van der Waals surface area (Å²) in [6.45, 7) is 7.08. The molecule has 0 radical (unpaired) electrons. The third kappa shape index (κ3) is 2.91. The third-order valence-corrected chi connectivity index (χ3v) is 5.11. The summed E-state index contributed by atoms with van der Waals surface area (Å²) in [6.07, 6.45) is 5.81. The number of benzene rings is 1. The Bertz CT molecular complexity index is 726. The van der Waals surface area contributed by atoms with E-state index in [1.807, 2.05) is 6.92 Å². The van der Waals surface area contributed by atoms with Crippen LogP contribution in [0, 0.1) is 6.92 Å². The lowest BCUT2D eigenvalue weighted by Gasteiger charge is -2.35. The Morgan fingerprint density at radius 3 is 2.75 bits per heavy atom. The van der Waals surface area contributed by atoms with Gasteiger partial charge in [0.25, 0.3) is 0 Å². The number of hydrogen-bond donors (Lipinski definition) is 0. The molecule has 1 saturated heterocycles. The van der Waals surface area contributed by atoms with Crippen molar-refractivity contribution in [3.63, 3.8) is 0 Å². The molecule has 4 heteroatoms. The van der Waals surface area contributed by atoms with Gasteiger partial charge < -0.3 is 4.74 Å². The minimum absolute atomic E-state index is 0.216. The average molecular weight is 323 g/mol. The molecule has 0 N–H and O–H groups in total. The molecule has 4 rings (SSSR count). The molecule has 1 aromatic carbocycles. The van der Waals surface area contributed by atoms with Crippen LogP contribution in [-0.4, -0.2) is 27.0 Å². The highest BCUT2D eigenvalue weighted by atomic mass is 16.5. The number of fused-ring (bicyclic) bond motifs is 4. The molecule has 1 fully saturated rings. The van der Waals surface area contributed by atoms with Gasteiger partial charge in [0.05, 0.1) is 11.8 Å². The number of hydrogen-bond acceptors (Lipinski definition) is 4. The van der Waals surface area contributed by atoms with Crippen LogP contribution in [0.1, 0.15) is 55.4 Å². The van der Waals surface area contributed by atoms with Crippen LogP contribution in [0.4, 0.5) is 0 Å². The van der Waals surface area contributed by atoms with Gasteiger partial charge in [-0.15, -0.1) is 0 Å². The summed E-state index contributed by atoms with van der Waals surface area (Å²) in [7, 11) is 0. The highest BCUT2D eigenvalue weighted by molar-refractivity contribution is 5.31. The molecule has 0 amide bonds. The van der Waals surface area contributed by atoms with E-state index in [0.717, 1.165) is 24.5 Å². The maximum atomic E-state index is 5.74. The maximum Gasteiger partial charge on any atom is 0.125 e. The molecule has 0 spiro atoms. The van der Waals surface area contributed by atoms with E-state index in [1.54, 1.807) is 0 Å². The lowest BCUT2D eigenvalue weighted by atomic mass is 9.98. The first-order chi connectivity index (χ1) is 11.6. The Morgan fingerprint density at radius 1 is 1.21 bits per heavy atom. The third-order valence-electron chi connectivity index (χ3n) is 5.11. The molecule has 2 aliphatic heterocycles. The quantitative estimate of drug-likeness (QED) is 0.857. The molecule has 0 saturated carbocycles. The van der Waals surface area contributed by atoms with Crippen molar-refractivity contribution in [1.82, 2.24) is 14.9 Å². The van der Waals surface area contributed by atoms with Crippen LogP contribution >= 0.6 is 0 Å². The minimum atomic E-state index is 0.216. The van der Waals surface area contributed by atoms with Gasteiger partial charge in [-0.05, 0) is 51.3 Å². The zero-order valence-electron chi connectivity index (χ0n) is 14.7. The lowest BCUT2D eigenvalue weighted by Crippen LogP contribution is -2.37. The summed E-state index contributed by atoms with van der Waals surface area (Å²) in [4.78, 5) is 11.8. The van der Waals surface area contributed by atoms with E-state index >= 15 is 0 Å². The van der Waals surface area contributed by atoms with Crippen molar-refractivity contribution >= 4 is 0 Å². The fourth-order valence-electron chi connectivity index (χ4n) is 4.08. The predicted octanol–water partition coefficient (Wildman–Crippen LogP) is 3.83. The van der Waals surface area contributed by atoms with Crippen LogP contribution in [0.5, 0.6) is 5.75 Å². The summed E-state index contributed by atoms with van der Waals surface area (Å²) in [6, 6.07) is 9.65. The van der Waals surface area contributed by atoms with Crippen molar-refractivity contribution in [1.29, 1.82) is 0 Å². The van der Waals surface area contributed by atoms with Crippen LogP contribution < -0.4 is 4.74 Å². The van der Waals surface area contributed by atoms with Gasteiger partial charge in [-0.1, -0.05) is 12.1 Å². The van der Waals surface area contributed by atoms with Gasteiger partial charge in [0.2, 0.25) is 0 Å². The monoisotopic (exact) mass is 323 g/mol. The maximum absolute atomic E-state index is 5.74. The molecule has 2 unspecified atom stereocenters. The Morgan fingerprint density at radius 2 is 2.00 bits per heavy atom. The van der Waals surface area contributed by atoms with Gasteiger partial charge in [0, 0.05) is 36.8 Å². The molecular formula is C20H25N3O. The van der Waals surface area contributed by atoms with E-state index in [0.29, 0.717) is 12.1 Å². The number of nitrogens with zero attached hydrogens (tertiary/aromatic N) is 3. The van der Waals surface area contributed by atoms with E-state index in [4.69, 9.17) is 4.74 Å². The summed E-state index contributed by atoms with van der Waals surface area (Å²) < 4.78 is 5.74. The first-order valence-corrected chi connectivity index (χ1v) is 8.94. The number of aryl methyl sites for hydroxylation is 1. The molecule has 1 aromatic heterocycles. The van der Waals surface area contributed by atoms with E-state index in [1.165, 1.54) is 29.7 Å². The second-order valence-electron chi connectivity index (χ2n) is 7.25. The zero-order chi connectivity index (χ0) is 16.7. The first kappa shape index (κ1) is 15.6. The SMILES string of the molecule is Cc1ncc2c(n1)CC1CCC2N1Cc1ccc(OC(C)C)cc1. The van der Waals surface area contributed by atoms with Gasteiger partial charge in [-0.2, -0.15) is 0 Å². The van der Waals surface area contributed by atoms with Crippen LogP contribution in [0.2, 0.25) is 0 Å². The van der Waals surface area contributed by atoms with Gasteiger partial charge in [-0.25, -0.2) is 9.97 Å². The van der Waals surface area contributed by atoms with Gasteiger partial charge in [0.15, 0.2) is 0 Å². The van der Waals surface area contributed by atoms with Gasteiger partial charge >= 0.3 is 0 Å². The number of rotatable bonds is 4. The average Bonchev–Trinajstić information content (AvgIpc) is 2.82. The number of ether oxygens (including phenoxy) is 1. The van der Waals surface area contributed by atoms with Crippen molar-refractivity contribution in [2.75, 3.05) is 0 Å². The second kappa shape index (κ2) is 6.17. The summed E-state index contributed by atoms with van der Waals surface area (Å²) in [5.74, 6) is 1.84. The zero-order valence-corrected chi connectivity index (χ0v) is 14.7. The minimum Gasteiger partial charge on any atom is -0.491 e. The van der Waals surface area contributed by atoms with Crippen molar-refractivity contribution < 1.29 is 4.74 Å². The highest BCUT2D eigenvalue weighted by Gasteiger charge is 2.40.